The van der Waals surface area contributed by atoms with Gasteiger partial charge in [0.15, 0.2) is 6.10 Å². The van der Waals surface area contributed by atoms with Gasteiger partial charge in [-0.3, -0.25) is 14.5 Å². The number of aryl methyl sites for hydroxylation is 2. The summed E-state index contributed by atoms with van der Waals surface area (Å²) < 4.78 is 47.3. The largest absolute Gasteiger partial charge is 0.493 e. The normalized spacial score (nSPS) is 14.3. The number of rotatable bonds is 22. The van der Waals surface area contributed by atoms with E-state index in [1.807, 2.05) is 36.4 Å². The van der Waals surface area contributed by atoms with Gasteiger partial charge in [0.2, 0.25) is 10.0 Å². The van der Waals surface area contributed by atoms with Crippen molar-refractivity contribution < 1.29 is 47.3 Å². The number of aromatic nitrogens is 3. The predicted octanol–water partition coefficient (Wildman–Crippen LogP) is 2.62. The van der Waals surface area contributed by atoms with Crippen LogP contribution in [0.25, 0.3) is 22.4 Å². The van der Waals surface area contributed by atoms with Gasteiger partial charge in [-0.25, -0.2) is 13.4 Å². The van der Waals surface area contributed by atoms with E-state index < -0.39 is 45.5 Å². The number of sulfonamides is 1. The molecule has 2 aromatic heterocycles. The van der Waals surface area contributed by atoms with E-state index in [0.29, 0.717) is 55.1 Å². The number of ether oxygens (including phenoxy) is 3. The van der Waals surface area contributed by atoms with Crippen molar-refractivity contribution in [3.63, 3.8) is 0 Å². The highest BCUT2D eigenvalue weighted by molar-refractivity contribution is 7.89. The minimum Gasteiger partial charge on any atom is -0.493 e. The highest BCUT2D eigenvalue weighted by Gasteiger charge is 2.30. The van der Waals surface area contributed by atoms with Gasteiger partial charge in [0, 0.05) is 45.5 Å². The maximum atomic E-state index is 13.9. The smallest absolute Gasteiger partial charge is 0.308 e. The summed E-state index contributed by atoms with van der Waals surface area (Å²) in [5.74, 6) is 0.0286. The quantitative estimate of drug-likeness (QED) is 0.0665. The summed E-state index contributed by atoms with van der Waals surface area (Å²) in [5, 5.41) is 18.6. The van der Waals surface area contributed by atoms with E-state index in [2.05, 4.69) is 14.7 Å². The molecule has 3 heterocycles. The van der Waals surface area contributed by atoms with Crippen LogP contribution in [0.5, 0.6) is 5.75 Å². The third-order valence-electron chi connectivity index (χ3n) is 8.32. The third kappa shape index (κ3) is 11.7. The molecular weight excluding hydrogens is 758 g/mol. The van der Waals surface area contributed by atoms with Crippen LogP contribution in [0.15, 0.2) is 34.1 Å². The second kappa shape index (κ2) is 20.8. The number of halogens is 1. The molecule has 0 saturated carbocycles. The highest BCUT2D eigenvalue weighted by atomic mass is 35.5. The zero-order valence-corrected chi connectivity index (χ0v) is 31.9. The molecule has 1 atom stereocenters. The molecule has 54 heavy (non-hydrogen) atoms. The molecule has 0 amide bonds. The van der Waals surface area contributed by atoms with Gasteiger partial charge in [0.1, 0.15) is 30.3 Å². The number of benzene rings is 1. The van der Waals surface area contributed by atoms with Crippen LogP contribution < -0.4 is 10.3 Å². The number of H-pyrrole nitrogens is 1. The predicted molar refractivity (Wildman–Crippen MR) is 195 cm³/mol. The first-order valence-corrected chi connectivity index (χ1v) is 18.7. The van der Waals surface area contributed by atoms with Crippen molar-refractivity contribution in [2.75, 3.05) is 65.8 Å². The van der Waals surface area contributed by atoms with Crippen molar-refractivity contribution in [2.45, 2.75) is 64.0 Å². The first-order chi connectivity index (χ1) is 25.4. The van der Waals surface area contributed by atoms with Gasteiger partial charge < -0.3 is 33.4 Å². The van der Waals surface area contributed by atoms with E-state index in [4.69, 9.17) is 19.2 Å². The molecule has 0 unspecified atom stereocenters. The average molecular weight is 804 g/mol. The van der Waals surface area contributed by atoms with Crippen LogP contribution in [0.1, 0.15) is 45.6 Å². The topological polar surface area (TPSA) is 241 Å². The lowest BCUT2D eigenvalue weighted by Gasteiger charge is -2.33. The van der Waals surface area contributed by atoms with E-state index in [0.717, 1.165) is 24.8 Å². The number of fused-ring (bicyclic) bond motifs is 1. The second-order valence-electron chi connectivity index (χ2n) is 12.1. The first-order valence-electron chi connectivity index (χ1n) is 17.3. The SMILES string of the molecule is CCCOc1ccc(S(=O)(=O)N2CCN(CCOC(=O)CCOC[C@@H](CO[N+](=O)[O-])O[N+](=O)[O-])CC2)cc1-c1nc2c(CCC)cn(CC)c2c(=O)[nH]1.Cl. The summed E-state index contributed by atoms with van der Waals surface area (Å²) >= 11 is 0. The minimum absolute atomic E-state index is 0. The van der Waals surface area contributed by atoms with Crippen molar-refractivity contribution in [2.24, 2.45) is 0 Å². The Labute approximate surface area is 317 Å². The van der Waals surface area contributed by atoms with Gasteiger partial charge >= 0.3 is 5.97 Å². The first kappa shape index (κ1) is 43.8. The van der Waals surface area contributed by atoms with Crippen LogP contribution in [0.2, 0.25) is 0 Å². The Kier molecular flexibility index (Phi) is 16.9. The standard InChI is InChI=1S/C32H45N7O13S.ClH/c1-4-7-23-20-36(6-3)30-29(23)33-31(34-32(30)41)26-19-25(8-9-27(26)49-16-5-2)53(46,47)37-13-11-35(12-14-37)15-18-50-28(40)10-17-48-21-24(52-39(44)45)22-51-38(42)43;/h8-9,19-20,24H,4-7,10-18,21-22H2,1-3H3,(H,33,34,41);1H/t24-;/m0./s1. The molecule has 4 rings (SSSR count). The van der Waals surface area contributed by atoms with Crippen molar-refractivity contribution in [1.82, 2.24) is 23.7 Å². The fourth-order valence-corrected chi connectivity index (χ4v) is 7.19. The Hall–Kier alpha value is -4.57. The van der Waals surface area contributed by atoms with Crippen LogP contribution in [0, 0.1) is 20.2 Å². The van der Waals surface area contributed by atoms with Gasteiger partial charge in [0.25, 0.3) is 15.7 Å². The number of piperazine rings is 1. The molecule has 20 nitrogen and oxygen atoms in total. The van der Waals surface area contributed by atoms with Crippen molar-refractivity contribution in [3.8, 4) is 17.1 Å². The Morgan fingerprint density at radius 2 is 1.76 bits per heavy atom. The van der Waals surface area contributed by atoms with Gasteiger partial charge in [-0.05, 0) is 43.5 Å². The van der Waals surface area contributed by atoms with Gasteiger partial charge in [-0.15, -0.1) is 32.6 Å². The molecule has 22 heteroatoms. The van der Waals surface area contributed by atoms with E-state index in [-0.39, 0.29) is 61.4 Å². The zero-order chi connectivity index (χ0) is 38.5. The molecular formula is C32H46ClN7O13S. The van der Waals surface area contributed by atoms with E-state index in [1.165, 1.54) is 16.4 Å². The molecule has 1 aliphatic rings. The molecule has 0 aliphatic carbocycles. The van der Waals surface area contributed by atoms with Crippen LogP contribution in [-0.2, 0) is 46.9 Å². The number of hydrogen-bond donors (Lipinski definition) is 1. The maximum absolute atomic E-state index is 13.9. The van der Waals surface area contributed by atoms with Crippen LogP contribution in [-0.4, -0.2) is 120 Å². The Morgan fingerprint density at radius 1 is 1.02 bits per heavy atom. The molecule has 1 aromatic carbocycles. The molecule has 1 N–H and O–H groups in total. The van der Waals surface area contributed by atoms with Crippen LogP contribution >= 0.6 is 12.4 Å². The lowest BCUT2D eigenvalue weighted by atomic mass is 10.1. The Balaban J connectivity index is 0.00000784. The number of esters is 1. The molecule has 1 aliphatic heterocycles. The van der Waals surface area contributed by atoms with Crippen LogP contribution in [0.3, 0.4) is 0 Å². The van der Waals surface area contributed by atoms with Gasteiger partial charge in [0.05, 0.1) is 42.2 Å². The molecule has 0 bridgehead atoms. The second-order valence-corrected chi connectivity index (χ2v) is 14.0. The summed E-state index contributed by atoms with van der Waals surface area (Å²) in [6.07, 6.45) is 2.72. The molecule has 300 valence electrons. The number of carbonyl (C=O) groups is 1. The monoisotopic (exact) mass is 803 g/mol. The highest BCUT2D eigenvalue weighted by Crippen LogP contribution is 2.33. The molecule has 1 fully saturated rings. The number of nitrogens with one attached hydrogen (secondary N) is 1. The van der Waals surface area contributed by atoms with E-state index >= 15 is 0 Å². The van der Waals surface area contributed by atoms with Gasteiger partial charge in [-0.1, -0.05) is 20.3 Å². The summed E-state index contributed by atoms with van der Waals surface area (Å²) in [6, 6.07) is 4.57. The van der Waals surface area contributed by atoms with Crippen molar-refractivity contribution in [3.05, 3.63) is 60.5 Å². The fraction of sp³-hybridized carbons (Fsp3) is 0.594. The van der Waals surface area contributed by atoms with E-state index in [1.54, 1.807) is 6.07 Å². The zero-order valence-electron chi connectivity index (χ0n) is 30.3. The number of nitrogens with zero attached hydrogens (tertiary/aromatic N) is 6. The lowest BCUT2D eigenvalue weighted by molar-refractivity contribution is -0.790. The number of carbonyl (C=O) groups excluding carboxylic acids is 1. The fourth-order valence-electron chi connectivity index (χ4n) is 5.74. The molecule has 0 radical (unpaired) electrons. The van der Waals surface area contributed by atoms with Crippen LogP contribution in [0.4, 0.5) is 0 Å². The minimum atomic E-state index is -3.95. The summed E-state index contributed by atoms with van der Waals surface area (Å²) in [4.78, 5) is 64.3. The summed E-state index contributed by atoms with van der Waals surface area (Å²) in [7, 11) is -3.95. The van der Waals surface area contributed by atoms with E-state index in [9.17, 15) is 38.2 Å². The van der Waals surface area contributed by atoms with Crippen molar-refractivity contribution in [1.29, 1.82) is 0 Å². The molecule has 0 spiro atoms. The van der Waals surface area contributed by atoms with Gasteiger partial charge in [-0.2, -0.15) is 4.31 Å². The van der Waals surface area contributed by atoms with Crippen molar-refractivity contribution >= 4 is 39.4 Å². The Bertz CT molecular complexity index is 1900. The average Bonchev–Trinajstić information content (AvgIpc) is 3.49. The summed E-state index contributed by atoms with van der Waals surface area (Å²) in [5.41, 5.74) is 2.03. The Morgan fingerprint density at radius 3 is 2.41 bits per heavy atom. The molecule has 3 aromatic rings. The lowest BCUT2D eigenvalue weighted by Crippen LogP contribution is -2.49. The third-order valence-corrected chi connectivity index (χ3v) is 10.2. The maximum Gasteiger partial charge on any atom is 0.308 e. The number of aromatic amines is 1. The summed E-state index contributed by atoms with van der Waals surface area (Å²) in [6.45, 7) is 7.14. The number of hydrogen-bond acceptors (Lipinski definition) is 15. The molecule has 1 saturated heterocycles.